The van der Waals surface area contributed by atoms with Crippen molar-refractivity contribution in [1.82, 2.24) is 4.98 Å². The van der Waals surface area contributed by atoms with Crippen molar-refractivity contribution in [3.8, 4) is 0 Å². The van der Waals surface area contributed by atoms with Crippen molar-refractivity contribution in [3.05, 3.63) is 23.9 Å². The summed E-state index contributed by atoms with van der Waals surface area (Å²) in [7, 11) is 0. The number of nitrogen functional groups attached to an aromatic ring is 1. The summed E-state index contributed by atoms with van der Waals surface area (Å²) in [6.45, 7) is 0.833. The minimum absolute atomic E-state index is 0.220. The molecule has 4 nitrogen and oxygen atoms in total. The SMILES string of the molecule is Nc1cc(CC(O)CC2CCCCO2)ccn1. The van der Waals surface area contributed by atoms with Gasteiger partial charge in [-0.05, 0) is 49.8 Å². The largest absolute Gasteiger partial charge is 0.393 e. The van der Waals surface area contributed by atoms with Crippen LogP contribution in [0.1, 0.15) is 31.2 Å². The van der Waals surface area contributed by atoms with Gasteiger partial charge in [-0.15, -0.1) is 0 Å². The van der Waals surface area contributed by atoms with E-state index in [-0.39, 0.29) is 12.2 Å². The fourth-order valence-corrected chi connectivity index (χ4v) is 2.27. The van der Waals surface area contributed by atoms with Gasteiger partial charge in [-0.2, -0.15) is 0 Å². The van der Waals surface area contributed by atoms with Crippen molar-refractivity contribution >= 4 is 5.82 Å². The average Bonchev–Trinajstić information content (AvgIpc) is 2.30. The maximum Gasteiger partial charge on any atom is 0.123 e. The lowest BCUT2D eigenvalue weighted by molar-refractivity contribution is -0.0147. The third-order valence-electron chi connectivity index (χ3n) is 3.13. The summed E-state index contributed by atoms with van der Waals surface area (Å²) in [6, 6.07) is 3.70. The van der Waals surface area contributed by atoms with Gasteiger partial charge in [-0.25, -0.2) is 4.98 Å². The first-order valence-electron chi connectivity index (χ1n) is 6.24. The van der Waals surface area contributed by atoms with Crippen LogP contribution >= 0.6 is 0 Å². The molecule has 4 heteroatoms. The zero-order valence-corrected chi connectivity index (χ0v) is 10.0. The minimum Gasteiger partial charge on any atom is -0.393 e. The Morgan fingerprint density at radius 1 is 1.53 bits per heavy atom. The van der Waals surface area contributed by atoms with E-state index in [4.69, 9.17) is 10.5 Å². The molecule has 0 radical (unpaired) electrons. The lowest BCUT2D eigenvalue weighted by Gasteiger charge is -2.24. The number of rotatable bonds is 4. The van der Waals surface area contributed by atoms with Crippen LogP contribution in [-0.4, -0.2) is 28.9 Å². The maximum atomic E-state index is 10.0. The van der Waals surface area contributed by atoms with Gasteiger partial charge < -0.3 is 15.6 Å². The molecule has 17 heavy (non-hydrogen) atoms. The molecule has 2 heterocycles. The molecule has 0 aromatic carbocycles. The molecule has 1 aliphatic rings. The van der Waals surface area contributed by atoms with Crippen molar-refractivity contribution in [2.75, 3.05) is 12.3 Å². The number of aromatic nitrogens is 1. The number of aliphatic hydroxyl groups excluding tert-OH is 1. The van der Waals surface area contributed by atoms with Gasteiger partial charge in [0.15, 0.2) is 0 Å². The highest BCUT2D eigenvalue weighted by atomic mass is 16.5. The van der Waals surface area contributed by atoms with E-state index in [2.05, 4.69) is 4.98 Å². The van der Waals surface area contributed by atoms with Crippen molar-refractivity contribution in [3.63, 3.8) is 0 Å². The number of anilines is 1. The van der Waals surface area contributed by atoms with Gasteiger partial charge in [-0.1, -0.05) is 0 Å². The number of ether oxygens (including phenoxy) is 1. The second-order valence-corrected chi connectivity index (χ2v) is 4.67. The third-order valence-corrected chi connectivity index (χ3v) is 3.13. The summed E-state index contributed by atoms with van der Waals surface area (Å²) < 4.78 is 5.61. The first kappa shape index (κ1) is 12.3. The lowest BCUT2D eigenvalue weighted by Crippen LogP contribution is -2.25. The van der Waals surface area contributed by atoms with Crippen LogP contribution in [-0.2, 0) is 11.2 Å². The predicted octanol–water partition coefficient (Wildman–Crippen LogP) is 1.53. The Bertz CT molecular complexity index is 351. The van der Waals surface area contributed by atoms with E-state index in [0.717, 1.165) is 25.0 Å². The zero-order valence-electron chi connectivity index (χ0n) is 10.0. The van der Waals surface area contributed by atoms with Gasteiger partial charge in [0.1, 0.15) is 5.82 Å². The van der Waals surface area contributed by atoms with Crippen LogP contribution in [0.2, 0.25) is 0 Å². The van der Waals surface area contributed by atoms with Gasteiger partial charge in [0.05, 0.1) is 12.2 Å². The van der Waals surface area contributed by atoms with Crippen molar-refractivity contribution in [1.29, 1.82) is 0 Å². The molecule has 1 aromatic rings. The Balaban J connectivity index is 1.82. The fraction of sp³-hybridized carbons (Fsp3) is 0.615. The first-order chi connectivity index (χ1) is 8.24. The molecular weight excluding hydrogens is 216 g/mol. The number of nitrogens with two attached hydrogens (primary N) is 1. The Labute approximate surface area is 102 Å². The van der Waals surface area contributed by atoms with Crippen LogP contribution in [0.15, 0.2) is 18.3 Å². The van der Waals surface area contributed by atoms with E-state index in [1.165, 1.54) is 6.42 Å². The second-order valence-electron chi connectivity index (χ2n) is 4.67. The lowest BCUT2D eigenvalue weighted by atomic mass is 9.99. The zero-order chi connectivity index (χ0) is 12.1. The van der Waals surface area contributed by atoms with Gasteiger partial charge >= 0.3 is 0 Å². The summed E-state index contributed by atoms with van der Waals surface area (Å²) in [5, 5.41) is 10.0. The van der Waals surface area contributed by atoms with E-state index in [0.29, 0.717) is 18.7 Å². The van der Waals surface area contributed by atoms with E-state index in [1.54, 1.807) is 6.20 Å². The number of nitrogens with zero attached hydrogens (tertiary/aromatic N) is 1. The molecule has 2 unspecified atom stereocenters. The molecule has 2 atom stereocenters. The van der Waals surface area contributed by atoms with Crippen LogP contribution < -0.4 is 5.73 Å². The van der Waals surface area contributed by atoms with Crippen LogP contribution in [0.25, 0.3) is 0 Å². The van der Waals surface area contributed by atoms with Gasteiger partial charge in [0, 0.05) is 12.8 Å². The Morgan fingerprint density at radius 2 is 2.41 bits per heavy atom. The third kappa shape index (κ3) is 3.98. The van der Waals surface area contributed by atoms with Crippen molar-refractivity contribution < 1.29 is 9.84 Å². The topological polar surface area (TPSA) is 68.4 Å². The van der Waals surface area contributed by atoms with E-state index in [1.807, 2.05) is 12.1 Å². The quantitative estimate of drug-likeness (QED) is 0.831. The highest BCUT2D eigenvalue weighted by Gasteiger charge is 2.18. The normalized spacial score (nSPS) is 22.3. The molecule has 1 aromatic heterocycles. The van der Waals surface area contributed by atoms with E-state index >= 15 is 0 Å². The van der Waals surface area contributed by atoms with Crippen LogP contribution in [0.3, 0.4) is 0 Å². The molecule has 1 fully saturated rings. The number of hydrogen-bond acceptors (Lipinski definition) is 4. The monoisotopic (exact) mass is 236 g/mol. The molecule has 2 rings (SSSR count). The van der Waals surface area contributed by atoms with E-state index in [9.17, 15) is 5.11 Å². The summed E-state index contributed by atoms with van der Waals surface area (Å²) in [5.74, 6) is 0.503. The summed E-state index contributed by atoms with van der Waals surface area (Å²) in [5.41, 5.74) is 6.63. The van der Waals surface area contributed by atoms with Crippen LogP contribution in [0.4, 0.5) is 5.82 Å². The van der Waals surface area contributed by atoms with Gasteiger partial charge in [0.2, 0.25) is 0 Å². The molecule has 0 saturated carbocycles. The number of hydrogen-bond donors (Lipinski definition) is 2. The smallest absolute Gasteiger partial charge is 0.123 e. The van der Waals surface area contributed by atoms with Crippen LogP contribution in [0.5, 0.6) is 0 Å². The number of pyridine rings is 1. The summed E-state index contributed by atoms with van der Waals surface area (Å²) >= 11 is 0. The molecule has 0 spiro atoms. The Morgan fingerprint density at radius 3 is 3.12 bits per heavy atom. The Hall–Kier alpha value is -1.13. The van der Waals surface area contributed by atoms with E-state index < -0.39 is 0 Å². The molecular formula is C13H20N2O2. The summed E-state index contributed by atoms with van der Waals surface area (Å²) in [4.78, 5) is 3.93. The average molecular weight is 236 g/mol. The minimum atomic E-state index is -0.361. The molecule has 1 saturated heterocycles. The summed E-state index contributed by atoms with van der Waals surface area (Å²) in [6.07, 6.45) is 6.28. The Kier molecular flexibility index (Phi) is 4.34. The molecule has 0 bridgehead atoms. The predicted molar refractivity (Wildman–Crippen MR) is 66.6 cm³/mol. The van der Waals surface area contributed by atoms with Crippen LogP contribution in [0, 0.1) is 0 Å². The highest BCUT2D eigenvalue weighted by molar-refractivity contribution is 5.32. The fourth-order valence-electron chi connectivity index (χ4n) is 2.27. The van der Waals surface area contributed by atoms with Crippen molar-refractivity contribution in [2.45, 2.75) is 44.3 Å². The molecule has 0 aliphatic carbocycles. The molecule has 94 valence electrons. The van der Waals surface area contributed by atoms with Crippen molar-refractivity contribution in [2.24, 2.45) is 0 Å². The molecule has 0 amide bonds. The second kappa shape index (κ2) is 5.98. The molecule has 3 N–H and O–H groups in total. The number of aliphatic hydroxyl groups is 1. The highest BCUT2D eigenvalue weighted by Crippen LogP contribution is 2.18. The molecule has 1 aliphatic heterocycles. The standard InChI is InChI=1S/C13H20N2O2/c14-13-8-10(4-5-15-13)7-11(16)9-12-3-1-2-6-17-12/h4-5,8,11-12,16H,1-3,6-7,9H2,(H2,14,15). The maximum absolute atomic E-state index is 10.0. The first-order valence-corrected chi connectivity index (χ1v) is 6.24. The van der Waals surface area contributed by atoms with Gasteiger partial charge in [0.25, 0.3) is 0 Å². The van der Waals surface area contributed by atoms with Gasteiger partial charge in [-0.3, -0.25) is 0 Å².